The molecule has 2 rings (SSSR count). The molecule has 0 spiro atoms. The number of pyridine rings is 1. The van der Waals surface area contributed by atoms with E-state index >= 15 is 0 Å². The topological polar surface area (TPSA) is 60.5 Å². The Morgan fingerprint density at radius 2 is 2.56 bits per heavy atom. The Kier molecular flexibility index (Phi) is 4.52. The first kappa shape index (κ1) is 12.8. The SMILES string of the molecule is COc1ccncc1NC(=O)CCC1CCOC1. The number of carbonyl (C=O) groups excluding carboxylic acids is 1. The van der Waals surface area contributed by atoms with Gasteiger partial charge in [-0.25, -0.2) is 0 Å². The average molecular weight is 250 g/mol. The van der Waals surface area contributed by atoms with Crippen LogP contribution in [0, 0.1) is 5.92 Å². The number of ether oxygens (including phenoxy) is 2. The smallest absolute Gasteiger partial charge is 0.224 e. The molecule has 1 amide bonds. The van der Waals surface area contributed by atoms with Crippen molar-refractivity contribution in [1.82, 2.24) is 4.98 Å². The molecule has 2 heterocycles. The number of nitrogens with zero attached hydrogens (tertiary/aromatic N) is 1. The summed E-state index contributed by atoms with van der Waals surface area (Å²) in [4.78, 5) is 15.8. The normalized spacial score (nSPS) is 18.6. The highest BCUT2D eigenvalue weighted by atomic mass is 16.5. The molecule has 0 aliphatic carbocycles. The quantitative estimate of drug-likeness (QED) is 0.866. The molecule has 18 heavy (non-hydrogen) atoms. The maximum atomic E-state index is 11.8. The largest absolute Gasteiger partial charge is 0.494 e. The maximum absolute atomic E-state index is 11.8. The van der Waals surface area contributed by atoms with Crippen LogP contribution in [-0.4, -0.2) is 31.2 Å². The second kappa shape index (κ2) is 6.35. The minimum atomic E-state index is -0.00630. The molecule has 1 atom stereocenters. The van der Waals surface area contributed by atoms with Crippen LogP contribution in [0.2, 0.25) is 0 Å². The fraction of sp³-hybridized carbons (Fsp3) is 0.538. The minimum absolute atomic E-state index is 0.00630. The highest BCUT2D eigenvalue weighted by Crippen LogP contribution is 2.23. The summed E-state index contributed by atoms with van der Waals surface area (Å²) in [6, 6.07) is 1.72. The maximum Gasteiger partial charge on any atom is 0.224 e. The van der Waals surface area contributed by atoms with Crippen molar-refractivity contribution >= 4 is 11.6 Å². The van der Waals surface area contributed by atoms with Gasteiger partial charge in [-0.3, -0.25) is 9.78 Å². The molecule has 5 heteroatoms. The second-order valence-electron chi connectivity index (χ2n) is 4.39. The Hall–Kier alpha value is -1.62. The first-order valence-electron chi connectivity index (χ1n) is 6.15. The van der Waals surface area contributed by atoms with Crippen LogP contribution in [0.25, 0.3) is 0 Å². The van der Waals surface area contributed by atoms with E-state index in [1.165, 1.54) is 0 Å². The molecule has 98 valence electrons. The summed E-state index contributed by atoms with van der Waals surface area (Å²) in [6.45, 7) is 1.60. The van der Waals surface area contributed by atoms with Gasteiger partial charge in [0.1, 0.15) is 11.4 Å². The number of amides is 1. The van der Waals surface area contributed by atoms with E-state index < -0.39 is 0 Å². The van der Waals surface area contributed by atoms with E-state index in [1.54, 1.807) is 25.6 Å². The van der Waals surface area contributed by atoms with E-state index in [1.807, 2.05) is 0 Å². The third-order valence-corrected chi connectivity index (χ3v) is 3.08. The zero-order valence-electron chi connectivity index (χ0n) is 10.5. The number of hydrogen-bond donors (Lipinski definition) is 1. The van der Waals surface area contributed by atoms with E-state index in [4.69, 9.17) is 9.47 Å². The lowest BCUT2D eigenvalue weighted by Gasteiger charge is -2.10. The lowest BCUT2D eigenvalue weighted by atomic mass is 10.0. The molecule has 1 N–H and O–H groups in total. The number of hydrogen-bond acceptors (Lipinski definition) is 4. The Morgan fingerprint density at radius 1 is 1.67 bits per heavy atom. The van der Waals surface area contributed by atoms with Gasteiger partial charge in [0.05, 0.1) is 13.3 Å². The van der Waals surface area contributed by atoms with E-state index in [2.05, 4.69) is 10.3 Å². The van der Waals surface area contributed by atoms with Gasteiger partial charge in [-0.05, 0) is 18.8 Å². The number of carbonyl (C=O) groups is 1. The van der Waals surface area contributed by atoms with Crippen molar-refractivity contribution in [2.75, 3.05) is 25.6 Å². The van der Waals surface area contributed by atoms with Crippen molar-refractivity contribution in [3.8, 4) is 5.75 Å². The minimum Gasteiger partial charge on any atom is -0.494 e. The van der Waals surface area contributed by atoms with Gasteiger partial charge in [-0.2, -0.15) is 0 Å². The Morgan fingerprint density at radius 3 is 3.28 bits per heavy atom. The van der Waals surface area contributed by atoms with Crippen molar-refractivity contribution in [2.45, 2.75) is 19.3 Å². The number of anilines is 1. The zero-order chi connectivity index (χ0) is 12.8. The van der Waals surface area contributed by atoms with Gasteiger partial charge in [-0.15, -0.1) is 0 Å². The van der Waals surface area contributed by atoms with Crippen molar-refractivity contribution < 1.29 is 14.3 Å². The standard InChI is InChI=1S/C13H18N2O3/c1-17-12-4-6-14-8-11(12)15-13(16)3-2-10-5-7-18-9-10/h4,6,8,10H,2-3,5,7,9H2,1H3,(H,15,16). The number of aromatic nitrogens is 1. The third kappa shape index (κ3) is 3.43. The molecule has 1 saturated heterocycles. The summed E-state index contributed by atoms with van der Waals surface area (Å²) in [5.74, 6) is 1.14. The van der Waals surface area contributed by atoms with Gasteiger partial charge in [0.15, 0.2) is 0 Å². The first-order chi connectivity index (χ1) is 8.79. The van der Waals surface area contributed by atoms with Gasteiger partial charge in [0.25, 0.3) is 0 Å². The molecule has 5 nitrogen and oxygen atoms in total. The molecule has 1 aromatic rings. The van der Waals surface area contributed by atoms with Gasteiger partial charge in [0.2, 0.25) is 5.91 Å². The van der Waals surface area contributed by atoms with Gasteiger partial charge >= 0.3 is 0 Å². The van der Waals surface area contributed by atoms with Crippen molar-refractivity contribution in [3.63, 3.8) is 0 Å². The van der Waals surface area contributed by atoms with E-state index in [-0.39, 0.29) is 5.91 Å². The van der Waals surface area contributed by atoms with Crippen molar-refractivity contribution in [2.24, 2.45) is 5.92 Å². The molecule has 0 radical (unpaired) electrons. The van der Waals surface area contributed by atoms with Crippen LogP contribution in [0.15, 0.2) is 18.5 Å². The summed E-state index contributed by atoms with van der Waals surface area (Å²) < 4.78 is 10.4. The predicted octanol–water partition coefficient (Wildman–Crippen LogP) is 1.85. The Labute approximate surface area is 107 Å². The second-order valence-corrected chi connectivity index (χ2v) is 4.39. The van der Waals surface area contributed by atoms with Crippen LogP contribution in [-0.2, 0) is 9.53 Å². The highest BCUT2D eigenvalue weighted by molar-refractivity contribution is 5.91. The van der Waals surface area contributed by atoms with Gasteiger partial charge in [0, 0.05) is 31.9 Å². The van der Waals surface area contributed by atoms with Crippen LogP contribution in [0.4, 0.5) is 5.69 Å². The summed E-state index contributed by atoms with van der Waals surface area (Å²) in [6.07, 6.45) is 5.66. The summed E-state index contributed by atoms with van der Waals surface area (Å²) in [5.41, 5.74) is 0.618. The first-order valence-corrected chi connectivity index (χ1v) is 6.15. The van der Waals surface area contributed by atoms with Crippen LogP contribution >= 0.6 is 0 Å². The van der Waals surface area contributed by atoms with Crippen molar-refractivity contribution in [1.29, 1.82) is 0 Å². The van der Waals surface area contributed by atoms with E-state index in [9.17, 15) is 4.79 Å². The molecular weight excluding hydrogens is 232 g/mol. The molecule has 0 bridgehead atoms. The molecule has 0 aromatic carbocycles. The van der Waals surface area contributed by atoms with Crippen LogP contribution < -0.4 is 10.1 Å². The number of nitrogens with one attached hydrogen (secondary N) is 1. The fourth-order valence-electron chi connectivity index (χ4n) is 2.01. The van der Waals surface area contributed by atoms with Gasteiger partial charge in [-0.1, -0.05) is 0 Å². The molecule has 0 saturated carbocycles. The molecule has 1 aromatic heterocycles. The number of rotatable bonds is 5. The average Bonchev–Trinajstić information content (AvgIpc) is 2.90. The summed E-state index contributed by atoms with van der Waals surface area (Å²) in [7, 11) is 1.57. The van der Waals surface area contributed by atoms with E-state index in [0.29, 0.717) is 23.8 Å². The third-order valence-electron chi connectivity index (χ3n) is 3.08. The number of methoxy groups -OCH3 is 1. The molecule has 1 fully saturated rings. The predicted molar refractivity (Wildman–Crippen MR) is 67.6 cm³/mol. The summed E-state index contributed by atoms with van der Waals surface area (Å²) >= 11 is 0. The van der Waals surface area contributed by atoms with Gasteiger partial charge < -0.3 is 14.8 Å². The lowest BCUT2D eigenvalue weighted by Crippen LogP contribution is -2.14. The van der Waals surface area contributed by atoms with Crippen LogP contribution in [0.3, 0.4) is 0 Å². The highest BCUT2D eigenvalue weighted by Gasteiger charge is 2.17. The summed E-state index contributed by atoms with van der Waals surface area (Å²) in [5, 5.41) is 2.82. The van der Waals surface area contributed by atoms with Crippen LogP contribution in [0.5, 0.6) is 5.75 Å². The van der Waals surface area contributed by atoms with Crippen molar-refractivity contribution in [3.05, 3.63) is 18.5 Å². The monoisotopic (exact) mass is 250 g/mol. The van der Waals surface area contributed by atoms with Crippen LogP contribution in [0.1, 0.15) is 19.3 Å². The fourth-order valence-corrected chi connectivity index (χ4v) is 2.01. The molecule has 1 aliphatic rings. The lowest BCUT2D eigenvalue weighted by molar-refractivity contribution is -0.116. The molecular formula is C13H18N2O3. The molecule has 1 unspecified atom stereocenters. The molecule has 1 aliphatic heterocycles. The Bertz CT molecular complexity index is 403. The zero-order valence-corrected chi connectivity index (χ0v) is 10.5. The van der Waals surface area contributed by atoms with E-state index in [0.717, 1.165) is 26.1 Å². The Balaban J connectivity index is 1.82.